The van der Waals surface area contributed by atoms with Gasteiger partial charge in [0.2, 0.25) is 0 Å². The summed E-state index contributed by atoms with van der Waals surface area (Å²) in [5, 5.41) is 2.84. The molecule has 94 valence electrons. The van der Waals surface area contributed by atoms with Crippen molar-refractivity contribution in [3.8, 4) is 11.8 Å². The minimum atomic E-state index is -0.0536. The van der Waals surface area contributed by atoms with Gasteiger partial charge in [-0.15, -0.1) is 0 Å². The number of hydrogen-bond acceptors (Lipinski definition) is 1. The van der Waals surface area contributed by atoms with E-state index in [9.17, 15) is 4.79 Å². The topological polar surface area (TPSA) is 29.1 Å². The van der Waals surface area contributed by atoms with Gasteiger partial charge >= 0.3 is 0 Å². The predicted octanol–water partition coefficient (Wildman–Crippen LogP) is 2.86. The van der Waals surface area contributed by atoms with E-state index in [0.717, 1.165) is 5.56 Å². The molecule has 2 heteroatoms. The number of carbonyl (C=O) groups excluding carboxylic acids is 1. The Kier molecular flexibility index (Phi) is 4.78. The van der Waals surface area contributed by atoms with Gasteiger partial charge in [-0.2, -0.15) is 0 Å². The van der Waals surface area contributed by atoms with Crippen molar-refractivity contribution < 1.29 is 4.79 Å². The molecule has 0 spiro atoms. The van der Waals surface area contributed by atoms with Crippen LogP contribution in [0.5, 0.6) is 0 Å². The lowest BCUT2D eigenvalue weighted by Crippen LogP contribution is -2.23. The highest BCUT2D eigenvalue weighted by molar-refractivity contribution is 5.94. The summed E-state index contributed by atoms with van der Waals surface area (Å²) in [6, 6.07) is 19.0. The summed E-state index contributed by atoms with van der Waals surface area (Å²) in [5.41, 5.74) is 1.68. The van der Waals surface area contributed by atoms with Gasteiger partial charge in [0, 0.05) is 24.1 Å². The predicted molar refractivity (Wildman–Crippen MR) is 76.7 cm³/mol. The van der Waals surface area contributed by atoms with Gasteiger partial charge in [0.25, 0.3) is 5.91 Å². The van der Waals surface area contributed by atoms with Crippen LogP contribution >= 0.6 is 0 Å². The summed E-state index contributed by atoms with van der Waals surface area (Å²) in [6.07, 6.45) is 0.646. The third kappa shape index (κ3) is 4.33. The van der Waals surface area contributed by atoms with Gasteiger partial charge in [-0.05, 0) is 24.3 Å². The van der Waals surface area contributed by atoms with Crippen LogP contribution in [0.2, 0.25) is 0 Å². The van der Waals surface area contributed by atoms with Crippen LogP contribution in [0.25, 0.3) is 0 Å². The molecule has 0 atom stereocenters. The molecule has 0 saturated heterocycles. The van der Waals surface area contributed by atoms with E-state index in [1.807, 2.05) is 48.5 Å². The molecule has 0 aliphatic carbocycles. The molecule has 2 nitrogen and oxygen atoms in total. The molecule has 2 aromatic rings. The maximum absolute atomic E-state index is 11.7. The van der Waals surface area contributed by atoms with Gasteiger partial charge in [0.15, 0.2) is 0 Å². The Morgan fingerprint density at radius 3 is 2.26 bits per heavy atom. The maximum atomic E-state index is 11.7. The van der Waals surface area contributed by atoms with Crippen LogP contribution in [0, 0.1) is 11.8 Å². The number of amides is 1. The smallest absolute Gasteiger partial charge is 0.251 e. The van der Waals surface area contributed by atoms with E-state index in [-0.39, 0.29) is 5.91 Å². The number of hydrogen-bond donors (Lipinski definition) is 1. The van der Waals surface area contributed by atoms with Crippen LogP contribution in [-0.4, -0.2) is 12.5 Å². The van der Waals surface area contributed by atoms with Crippen molar-refractivity contribution in [3.63, 3.8) is 0 Å². The quantitative estimate of drug-likeness (QED) is 0.657. The zero-order chi connectivity index (χ0) is 13.3. The van der Waals surface area contributed by atoms with Gasteiger partial charge in [-0.3, -0.25) is 4.79 Å². The number of benzene rings is 2. The van der Waals surface area contributed by atoms with Crippen LogP contribution < -0.4 is 5.32 Å². The fraction of sp³-hybridized carbons (Fsp3) is 0.118. The second kappa shape index (κ2) is 7.03. The Hall–Kier alpha value is -2.53. The molecule has 2 aromatic carbocycles. The first-order valence-corrected chi connectivity index (χ1v) is 6.23. The summed E-state index contributed by atoms with van der Waals surface area (Å²) in [7, 11) is 0. The maximum Gasteiger partial charge on any atom is 0.251 e. The number of nitrogens with one attached hydrogen (secondary N) is 1. The highest BCUT2D eigenvalue weighted by Gasteiger charge is 2.01. The van der Waals surface area contributed by atoms with E-state index in [0.29, 0.717) is 18.5 Å². The molecule has 0 radical (unpaired) electrons. The van der Waals surface area contributed by atoms with Crippen molar-refractivity contribution in [2.45, 2.75) is 6.42 Å². The Morgan fingerprint density at radius 2 is 1.58 bits per heavy atom. The first kappa shape index (κ1) is 12.9. The lowest BCUT2D eigenvalue weighted by Gasteiger charge is -2.01. The fourth-order valence-electron chi connectivity index (χ4n) is 1.62. The summed E-state index contributed by atoms with van der Waals surface area (Å²) < 4.78 is 0. The van der Waals surface area contributed by atoms with Gasteiger partial charge in [0.1, 0.15) is 0 Å². The molecule has 0 aliphatic heterocycles. The van der Waals surface area contributed by atoms with Crippen LogP contribution in [0.15, 0.2) is 60.7 Å². The van der Waals surface area contributed by atoms with Crippen LogP contribution in [0.4, 0.5) is 0 Å². The molecule has 0 unspecified atom stereocenters. The first-order chi connectivity index (χ1) is 9.36. The molecule has 0 fully saturated rings. The zero-order valence-electron chi connectivity index (χ0n) is 10.6. The van der Waals surface area contributed by atoms with E-state index in [1.165, 1.54) is 0 Å². The van der Waals surface area contributed by atoms with E-state index in [4.69, 9.17) is 0 Å². The molecule has 2 rings (SSSR count). The van der Waals surface area contributed by atoms with Crippen molar-refractivity contribution >= 4 is 5.91 Å². The molecule has 0 heterocycles. The van der Waals surface area contributed by atoms with E-state index < -0.39 is 0 Å². The van der Waals surface area contributed by atoms with Gasteiger partial charge in [0.05, 0.1) is 0 Å². The van der Waals surface area contributed by atoms with Gasteiger partial charge in [-0.25, -0.2) is 0 Å². The van der Waals surface area contributed by atoms with Crippen LogP contribution in [-0.2, 0) is 0 Å². The second-order valence-corrected chi connectivity index (χ2v) is 4.04. The highest BCUT2D eigenvalue weighted by atomic mass is 16.1. The molecule has 0 saturated carbocycles. The summed E-state index contributed by atoms with van der Waals surface area (Å²) in [4.78, 5) is 11.7. The standard InChI is InChI=1S/C17H15NO/c19-17(16-12-5-2-6-13-16)18-14-8-7-11-15-9-3-1-4-10-15/h1-6,9-10,12-13H,8,14H2,(H,18,19). The summed E-state index contributed by atoms with van der Waals surface area (Å²) in [5.74, 6) is 6.05. The Balaban J connectivity index is 1.76. The second-order valence-electron chi connectivity index (χ2n) is 4.04. The minimum absolute atomic E-state index is 0.0536. The molecular weight excluding hydrogens is 234 g/mol. The number of rotatable bonds is 3. The third-order valence-corrected chi connectivity index (χ3v) is 2.58. The molecule has 0 bridgehead atoms. The molecular formula is C17H15NO. The average molecular weight is 249 g/mol. The van der Waals surface area contributed by atoms with Crippen LogP contribution in [0.1, 0.15) is 22.3 Å². The van der Waals surface area contributed by atoms with Crippen molar-refractivity contribution in [2.24, 2.45) is 0 Å². The Labute approximate surface area is 113 Å². The molecule has 1 N–H and O–H groups in total. The largest absolute Gasteiger partial charge is 0.351 e. The van der Waals surface area contributed by atoms with E-state index >= 15 is 0 Å². The molecule has 0 aliphatic rings. The normalized spacial score (nSPS) is 9.26. The highest BCUT2D eigenvalue weighted by Crippen LogP contribution is 1.98. The zero-order valence-corrected chi connectivity index (χ0v) is 10.6. The lowest BCUT2D eigenvalue weighted by atomic mass is 10.2. The van der Waals surface area contributed by atoms with Crippen molar-refractivity contribution in [2.75, 3.05) is 6.54 Å². The van der Waals surface area contributed by atoms with Crippen molar-refractivity contribution in [3.05, 3.63) is 71.8 Å². The minimum Gasteiger partial charge on any atom is -0.351 e. The number of carbonyl (C=O) groups is 1. The molecule has 0 aromatic heterocycles. The SMILES string of the molecule is O=C(NCCC#Cc1ccccc1)c1ccccc1. The third-order valence-electron chi connectivity index (χ3n) is 2.58. The monoisotopic (exact) mass is 249 g/mol. The Bertz CT molecular complexity index is 579. The van der Waals surface area contributed by atoms with Crippen molar-refractivity contribution in [1.29, 1.82) is 0 Å². The van der Waals surface area contributed by atoms with Crippen molar-refractivity contribution in [1.82, 2.24) is 5.32 Å². The Morgan fingerprint density at radius 1 is 0.947 bits per heavy atom. The fourth-order valence-corrected chi connectivity index (χ4v) is 1.62. The summed E-state index contributed by atoms with van der Waals surface area (Å²) in [6.45, 7) is 0.563. The van der Waals surface area contributed by atoms with E-state index in [1.54, 1.807) is 12.1 Å². The molecule has 1 amide bonds. The van der Waals surface area contributed by atoms with Gasteiger partial charge in [-0.1, -0.05) is 48.2 Å². The average Bonchev–Trinajstić information content (AvgIpc) is 2.49. The first-order valence-electron chi connectivity index (χ1n) is 6.23. The lowest BCUT2D eigenvalue weighted by molar-refractivity contribution is 0.0954. The summed E-state index contributed by atoms with van der Waals surface area (Å²) >= 11 is 0. The molecule has 19 heavy (non-hydrogen) atoms. The van der Waals surface area contributed by atoms with Gasteiger partial charge < -0.3 is 5.32 Å². The van der Waals surface area contributed by atoms with Crippen LogP contribution in [0.3, 0.4) is 0 Å². The van der Waals surface area contributed by atoms with E-state index in [2.05, 4.69) is 17.2 Å².